The maximum absolute atomic E-state index is 12.8. The van der Waals surface area contributed by atoms with Crippen LogP contribution in [0.25, 0.3) is 0 Å². The second-order valence-electron chi connectivity index (χ2n) is 17.1. The molecule has 0 spiro atoms. The fraction of sp³-hybridized carbons (Fsp3) is 0.933. The Kier molecular flexibility index (Phi) is 37.3. The number of likely N-dealkylation sites (N-methyl/N-ethyl adjacent to an activating group) is 1. The number of nitrogens with zero attached hydrogens (tertiary/aromatic N) is 1. The van der Waals surface area contributed by atoms with Crippen LogP contribution >= 0.6 is 7.82 Å². The molecule has 0 aromatic rings. The van der Waals surface area contributed by atoms with Crippen LogP contribution in [0.3, 0.4) is 0 Å². The number of hydrogen-bond acceptors (Lipinski definition) is 5. The molecule has 0 aliphatic carbocycles. The number of aliphatic hydroxyl groups is 1. The molecule has 0 aliphatic rings. The predicted octanol–water partition coefficient (Wildman–Crippen LogP) is 12.8. The molecule has 0 bridgehead atoms. The van der Waals surface area contributed by atoms with Crippen LogP contribution in [0.1, 0.15) is 219 Å². The van der Waals surface area contributed by atoms with E-state index in [0.717, 1.165) is 38.5 Å². The molecular formula is C45H92N2O6P+. The molecule has 0 aromatic heterocycles. The first-order chi connectivity index (χ1) is 26.0. The van der Waals surface area contributed by atoms with Crippen molar-refractivity contribution in [3.8, 4) is 0 Å². The van der Waals surface area contributed by atoms with Crippen molar-refractivity contribution in [2.45, 2.75) is 231 Å². The van der Waals surface area contributed by atoms with E-state index in [-0.39, 0.29) is 19.1 Å². The lowest BCUT2D eigenvalue weighted by Gasteiger charge is -2.25. The number of carbonyl (C=O) groups is 1. The van der Waals surface area contributed by atoms with E-state index in [1.165, 1.54) is 161 Å². The van der Waals surface area contributed by atoms with Gasteiger partial charge in [0, 0.05) is 6.42 Å². The highest BCUT2D eigenvalue weighted by Gasteiger charge is 2.27. The number of rotatable bonds is 42. The lowest BCUT2D eigenvalue weighted by molar-refractivity contribution is -0.870. The summed E-state index contributed by atoms with van der Waals surface area (Å²) in [7, 11) is 1.58. The molecular weight excluding hydrogens is 695 g/mol. The van der Waals surface area contributed by atoms with E-state index in [2.05, 4.69) is 19.2 Å². The normalized spacial score (nSPS) is 14.4. The average molecular weight is 788 g/mol. The van der Waals surface area contributed by atoms with Gasteiger partial charge < -0.3 is 19.8 Å². The summed E-state index contributed by atoms with van der Waals surface area (Å²) < 4.78 is 23.5. The monoisotopic (exact) mass is 788 g/mol. The van der Waals surface area contributed by atoms with E-state index < -0.39 is 20.0 Å². The zero-order valence-electron chi connectivity index (χ0n) is 36.5. The minimum Gasteiger partial charge on any atom is -0.387 e. The van der Waals surface area contributed by atoms with Crippen LogP contribution in [0, 0.1) is 0 Å². The Bertz CT molecular complexity index is 896. The second-order valence-corrected chi connectivity index (χ2v) is 18.6. The lowest BCUT2D eigenvalue weighted by atomic mass is 10.0. The highest BCUT2D eigenvalue weighted by atomic mass is 31.2. The smallest absolute Gasteiger partial charge is 0.387 e. The predicted molar refractivity (Wildman–Crippen MR) is 231 cm³/mol. The van der Waals surface area contributed by atoms with Gasteiger partial charge in [-0.25, -0.2) is 4.57 Å². The third-order valence-corrected chi connectivity index (χ3v) is 11.5. The second kappa shape index (κ2) is 37.8. The number of phosphoric acid groups is 1. The number of carbonyl (C=O) groups excluding carboxylic acids is 1. The van der Waals surface area contributed by atoms with Crippen molar-refractivity contribution in [2.24, 2.45) is 0 Å². The van der Waals surface area contributed by atoms with Crippen LogP contribution in [0.4, 0.5) is 0 Å². The van der Waals surface area contributed by atoms with Gasteiger partial charge in [0.25, 0.3) is 0 Å². The lowest BCUT2D eigenvalue weighted by Crippen LogP contribution is -2.45. The minimum atomic E-state index is -4.33. The Labute approximate surface area is 335 Å². The molecule has 3 unspecified atom stereocenters. The molecule has 9 heteroatoms. The number of phosphoric ester groups is 1. The van der Waals surface area contributed by atoms with Gasteiger partial charge in [0.2, 0.25) is 5.91 Å². The largest absolute Gasteiger partial charge is 0.472 e. The van der Waals surface area contributed by atoms with Crippen molar-refractivity contribution >= 4 is 13.7 Å². The highest BCUT2D eigenvalue weighted by molar-refractivity contribution is 7.47. The molecule has 0 saturated heterocycles. The van der Waals surface area contributed by atoms with Gasteiger partial charge in [-0.1, -0.05) is 206 Å². The summed E-state index contributed by atoms with van der Waals surface area (Å²) in [5.41, 5.74) is 0. The average Bonchev–Trinajstić information content (AvgIpc) is 3.12. The van der Waals surface area contributed by atoms with Crippen LogP contribution in [0.2, 0.25) is 0 Å². The molecule has 3 N–H and O–H groups in total. The van der Waals surface area contributed by atoms with Crippen molar-refractivity contribution in [3.63, 3.8) is 0 Å². The van der Waals surface area contributed by atoms with Crippen molar-refractivity contribution < 1.29 is 32.9 Å². The van der Waals surface area contributed by atoms with E-state index in [9.17, 15) is 19.4 Å². The van der Waals surface area contributed by atoms with Gasteiger partial charge in [0.05, 0.1) is 39.9 Å². The van der Waals surface area contributed by atoms with E-state index in [1.807, 2.05) is 27.2 Å². The molecule has 0 fully saturated rings. The van der Waals surface area contributed by atoms with Crippen molar-refractivity contribution in [2.75, 3.05) is 40.9 Å². The van der Waals surface area contributed by atoms with E-state index in [4.69, 9.17) is 9.05 Å². The third kappa shape index (κ3) is 39.5. The Balaban J connectivity index is 4.14. The molecule has 322 valence electrons. The number of hydrogen-bond donors (Lipinski definition) is 3. The highest BCUT2D eigenvalue weighted by Crippen LogP contribution is 2.43. The molecule has 54 heavy (non-hydrogen) atoms. The summed E-state index contributed by atoms with van der Waals surface area (Å²) in [5, 5.41) is 13.8. The molecule has 0 aromatic carbocycles. The van der Waals surface area contributed by atoms with Crippen LogP contribution < -0.4 is 5.32 Å². The summed E-state index contributed by atoms with van der Waals surface area (Å²) in [5.74, 6) is -0.176. The first-order valence-electron chi connectivity index (χ1n) is 23.1. The maximum Gasteiger partial charge on any atom is 0.472 e. The quantitative estimate of drug-likeness (QED) is 0.0246. The van der Waals surface area contributed by atoms with Gasteiger partial charge in [-0.15, -0.1) is 0 Å². The molecule has 8 nitrogen and oxygen atoms in total. The number of quaternary nitrogens is 1. The fourth-order valence-electron chi connectivity index (χ4n) is 6.81. The topological polar surface area (TPSA) is 105 Å². The Morgan fingerprint density at radius 3 is 1.37 bits per heavy atom. The number of allylic oxidation sites excluding steroid dienone is 1. The Morgan fingerprint density at radius 1 is 0.611 bits per heavy atom. The van der Waals surface area contributed by atoms with Gasteiger partial charge in [-0.3, -0.25) is 13.8 Å². The van der Waals surface area contributed by atoms with E-state index in [1.54, 1.807) is 6.08 Å². The van der Waals surface area contributed by atoms with E-state index in [0.29, 0.717) is 17.4 Å². The maximum atomic E-state index is 12.8. The molecule has 3 atom stereocenters. The number of aliphatic hydroxyl groups excluding tert-OH is 1. The summed E-state index contributed by atoms with van der Waals surface area (Å²) in [6.45, 7) is 4.80. The molecule has 0 saturated carbocycles. The summed E-state index contributed by atoms with van der Waals surface area (Å²) in [6.07, 6.45) is 43.0. The molecule has 0 heterocycles. The Morgan fingerprint density at radius 2 is 0.981 bits per heavy atom. The summed E-state index contributed by atoms with van der Waals surface area (Å²) >= 11 is 0. The van der Waals surface area contributed by atoms with Crippen LogP contribution in [-0.2, 0) is 18.4 Å². The zero-order valence-corrected chi connectivity index (χ0v) is 37.4. The summed E-state index contributed by atoms with van der Waals surface area (Å²) in [6, 6.07) is -0.838. The zero-order chi connectivity index (χ0) is 40.0. The molecule has 0 rings (SSSR count). The van der Waals surface area contributed by atoms with Gasteiger partial charge in [-0.2, -0.15) is 0 Å². The number of amides is 1. The standard InChI is InChI=1S/C45H91N2O6P/c1-6-8-10-12-14-16-17-18-19-20-21-22-23-24-25-26-27-28-29-31-33-35-37-39-45(49)46-43(42-53-54(50,51)52-41-40-47(3,4)5)44(48)38-36-34-32-30-15-13-11-9-7-2/h36,38,43-44,48H,6-35,37,39-42H2,1-5H3,(H-,46,49,50,51)/p+1/b38-36+. The van der Waals surface area contributed by atoms with Gasteiger partial charge in [0.1, 0.15) is 13.2 Å². The molecule has 0 aliphatic heterocycles. The SMILES string of the molecule is CCCCCCCCC/C=C/C(O)C(COP(=O)(O)OCC[N+](C)(C)C)NC(=O)CCCCCCCCCCCCCCCCCCCCCCCCC. The molecule has 1 amide bonds. The minimum absolute atomic E-state index is 0.0642. The van der Waals surface area contributed by atoms with Crippen molar-refractivity contribution in [1.82, 2.24) is 5.32 Å². The van der Waals surface area contributed by atoms with Gasteiger partial charge >= 0.3 is 7.82 Å². The van der Waals surface area contributed by atoms with Crippen molar-refractivity contribution in [3.05, 3.63) is 12.2 Å². The first-order valence-corrected chi connectivity index (χ1v) is 24.6. The van der Waals surface area contributed by atoms with Crippen molar-refractivity contribution in [1.29, 1.82) is 0 Å². The Hall–Kier alpha value is -0.760. The van der Waals surface area contributed by atoms with Crippen LogP contribution in [0.15, 0.2) is 12.2 Å². The molecule has 0 radical (unpaired) electrons. The third-order valence-electron chi connectivity index (χ3n) is 10.5. The van der Waals surface area contributed by atoms with Crippen LogP contribution in [-0.4, -0.2) is 73.4 Å². The summed E-state index contributed by atoms with van der Waals surface area (Å²) in [4.78, 5) is 23.1. The fourth-order valence-corrected chi connectivity index (χ4v) is 7.54. The first kappa shape index (κ1) is 53.2. The van der Waals surface area contributed by atoms with Gasteiger partial charge in [0.15, 0.2) is 0 Å². The van der Waals surface area contributed by atoms with E-state index >= 15 is 0 Å². The number of unbranched alkanes of at least 4 members (excludes halogenated alkanes) is 29. The van der Waals surface area contributed by atoms with Gasteiger partial charge in [-0.05, 0) is 19.3 Å². The number of nitrogens with one attached hydrogen (secondary N) is 1. The van der Waals surface area contributed by atoms with Crippen LogP contribution in [0.5, 0.6) is 0 Å².